The number of hydrogen-bond acceptors (Lipinski definition) is 2. The first-order valence-electron chi connectivity index (χ1n) is 6.88. The minimum Gasteiger partial charge on any atom is -0.295 e. The molecular weight excluding hydrogens is 212 g/mol. The Morgan fingerprint density at radius 1 is 0.941 bits per heavy atom. The Labute approximate surface area is 105 Å². The van der Waals surface area contributed by atoms with Gasteiger partial charge in [0.05, 0.1) is 0 Å². The smallest absolute Gasteiger partial charge is 0.225 e. The number of carbonyl (C=O) groups is 1. The zero-order valence-corrected chi connectivity index (χ0v) is 11.0. The highest BCUT2D eigenvalue weighted by atomic mass is 16.1. The summed E-state index contributed by atoms with van der Waals surface area (Å²) in [5, 5.41) is 0. The molecular formula is C15H25O2. The zero-order chi connectivity index (χ0) is 12.8. The van der Waals surface area contributed by atoms with E-state index in [0.29, 0.717) is 6.42 Å². The molecule has 2 heteroatoms. The van der Waals surface area contributed by atoms with E-state index in [1.165, 1.54) is 51.0 Å². The van der Waals surface area contributed by atoms with Crippen LogP contribution in [0.1, 0.15) is 71.1 Å². The van der Waals surface area contributed by atoms with Gasteiger partial charge in [0.15, 0.2) is 5.78 Å². The molecule has 2 nitrogen and oxygen atoms in total. The largest absolute Gasteiger partial charge is 0.295 e. The highest BCUT2D eigenvalue weighted by Crippen LogP contribution is 2.10. The van der Waals surface area contributed by atoms with Crippen molar-refractivity contribution in [3.63, 3.8) is 0 Å². The lowest BCUT2D eigenvalue weighted by molar-refractivity contribution is -0.114. The molecule has 0 bridgehead atoms. The van der Waals surface area contributed by atoms with Crippen LogP contribution in [0, 0.1) is 0 Å². The fourth-order valence-electron chi connectivity index (χ4n) is 1.82. The molecule has 0 fully saturated rings. The van der Waals surface area contributed by atoms with Gasteiger partial charge in [-0.05, 0) is 18.6 Å². The fraction of sp³-hybridized carbons (Fsp3) is 0.733. The molecule has 0 unspecified atom stereocenters. The van der Waals surface area contributed by atoms with E-state index in [1.54, 1.807) is 6.29 Å². The van der Waals surface area contributed by atoms with Crippen LogP contribution in [-0.2, 0) is 9.59 Å². The van der Waals surface area contributed by atoms with Gasteiger partial charge in [-0.1, -0.05) is 58.3 Å². The van der Waals surface area contributed by atoms with Crippen LogP contribution in [0.15, 0.2) is 12.2 Å². The summed E-state index contributed by atoms with van der Waals surface area (Å²) in [5.41, 5.74) is 0. The Morgan fingerprint density at radius 3 is 2.00 bits per heavy atom. The van der Waals surface area contributed by atoms with E-state index in [9.17, 15) is 9.59 Å². The van der Waals surface area contributed by atoms with E-state index in [-0.39, 0.29) is 5.78 Å². The number of allylic oxidation sites excluding steroid dienone is 2. The van der Waals surface area contributed by atoms with E-state index in [0.717, 1.165) is 18.9 Å². The van der Waals surface area contributed by atoms with E-state index < -0.39 is 0 Å². The summed E-state index contributed by atoms with van der Waals surface area (Å²) < 4.78 is 0. The van der Waals surface area contributed by atoms with Gasteiger partial charge >= 0.3 is 0 Å². The predicted molar refractivity (Wildman–Crippen MR) is 71.7 cm³/mol. The van der Waals surface area contributed by atoms with E-state index >= 15 is 0 Å². The van der Waals surface area contributed by atoms with Crippen molar-refractivity contribution in [1.82, 2.24) is 0 Å². The van der Waals surface area contributed by atoms with Crippen LogP contribution >= 0.6 is 0 Å². The maximum Gasteiger partial charge on any atom is 0.225 e. The van der Waals surface area contributed by atoms with Crippen molar-refractivity contribution in [3.8, 4) is 0 Å². The normalized spacial score (nSPS) is 10.9. The van der Waals surface area contributed by atoms with Crippen molar-refractivity contribution in [2.45, 2.75) is 71.1 Å². The van der Waals surface area contributed by atoms with Crippen LogP contribution in [-0.4, -0.2) is 12.1 Å². The molecule has 0 saturated carbocycles. The Morgan fingerprint density at radius 2 is 1.47 bits per heavy atom. The Kier molecular flexibility index (Phi) is 12.4. The molecule has 0 rings (SSSR count). The molecule has 17 heavy (non-hydrogen) atoms. The van der Waals surface area contributed by atoms with Gasteiger partial charge in [0.2, 0.25) is 6.29 Å². The molecule has 1 radical (unpaired) electrons. The Bertz CT molecular complexity index is 219. The van der Waals surface area contributed by atoms with Crippen LogP contribution in [0.25, 0.3) is 0 Å². The fourth-order valence-corrected chi connectivity index (χ4v) is 1.82. The Hall–Kier alpha value is -0.920. The molecule has 97 valence electrons. The van der Waals surface area contributed by atoms with Gasteiger partial charge in [-0.25, -0.2) is 0 Å². The summed E-state index contributed by atoms with van der Waals surface area (Å²) in [5.74, 6) is 0.0382. The molecule has 0 N–H and O–H groups in total. The third kappa shape index (κ3) is 13.0. The standard InChI is InChI=1S/C15H25O2/c1-2-3-4-5-6-7-8-9-10-12-15(17)13-11-14-16/h11,13H,2-10,12H2,1H3. The first-order chi connectivity index (χ1) is 8.31. The third-order valence-corrected chi connectivity index (χ3v) is 2.86. The molecule has 0 spiro atoms. The maximum atomic E-state index is 11.1. The average molecular weight is 237 g/mol. The van der Waals surface area contributed by atoms with Crippen molar-refractivity contribution in [1.29, 1.82) is 0 Å². The predicted octanol–water partition coefficient (Wildman–Crippen LogP) is 4.14. The zero-order valence-electron chi connectivity index (χ0n) is 11.0. The highest BCUT2D eigenvalue weighted by Gasteiger charge is 1.96. The molecule has 0 aliphatic heterocycles. The minimum atomic E-state index is 0.0382. The second-order valence-corrected chi connectivity index (χ2v) is 4.50. The lowest BCUT2D eigenvalue weighted by Crippen LogP contribution is -1.92. The summed E-state index contributed by atoms with van der Waals surface area (Å²) >= 11 is 0. The molecule has 0 aromatic heterocycles. The molecule has 0 aromatic carbocycles. The van der Waals surface area contributed by atoms with Gasteiger partial charge in [0.1, 0.15) is 0 Å². The quantitative estimate of drug-likeness (QED) is 0.377. The lowest BCUT2D eigenvalue weighted by atomic mass is 10.1. The van der Waals surface area contributed by atoms with Crippen LogP contribution in [0.5, 0.6) is 0 Å². The SMILES string of the molecule is CCCCCCCCCCCC(=O)C=C[C]=O. The van der Waals surface area contributed by atoms with E-state index in [4.69, 9.17) is 0 Å². The van der Waals surface area contributed by atoms with Gasteiger partial charge in [-0.2, -0.15) is 0 Å². The summed E-state index contributed by atoms with van der Waals surface area (Å²) in [6.07, 6.45) is 15.9. The topological polar surface area (TPSA) is 34.1 Å². The van der Waals surface area contributed by atoms with Crippen molar-refractivity contribution < 1.29 is 9.59 Å². The van der Waals surface area contributed by atoms with Crippen molar-refractivity contribution in [2.24, 2.45) is 0 Å². The maximum absolute atomic E-state index is 11.1. The minimum absolute atomic E-state index is 0.0382. The Balaban J connectivity index is 3.15. The van der Waals surface area contributed by atoms with Gasteiger partial charge in [-0.3, -0.25) is 9.59 Å². The molecule has 0 atom stereocenters. The summed E-state index contributed by atoms with van der Waals surface area (Å²) in [6.45, 7) is 2.23. The van der Waals surface area contributed by atoms with Gasteiger partial charge in [0, 0.05) is 6.42 Å². The third-order valence-electron chi connectivity index (χ3n) is 2.86. The van der Waals surface area contributed by atoms with E-state index in [1.807, 2.05) is 0 Å². The summed E-state index contributed by atoms with van der Waals surface area (Å²) in [6, 6.07) is 0. The number of hydrogen-bond donors (Lipinski definition) is 0. The van der Waals surface area contributed by atoms with Gasteiger partial charge in [-0.15, -0.1) is 0 Å². The average Bonchev–Trinajstić information content (AvgIpc) is 2.34. The van der Waals surface area contributed by atoms with Crippen molar-refractivity contribution in [3.05, 3.63) is 12.2 Å². The lowest BCUT2D eigenvalue weighted by Gasteiger charge is -2.00. The highest BCUT2D eigenvalue weighted by molar-refractivity contribution is 5.92. The van der Waals surface area contributed by atoms with Gasteiger partial charge < -0.3 is 0 Å². The molecule has 0 amide bonds. The summed E-state index contributed by atoms with van der Waals surface area (Å²) in [7, 11) is 0. The van der Waals surface area contributed by atoms with Crippen molar-refractivity contribution >= 4 is 12.1 Å². The molecule has 0 saturated heterocycles. The number of carbonyl (C=O) groups excluding carboxylic acids is 2. The van der Waals surface area contributed by atoms with Crippen LogP contribution < -0.4 is 0 Å². The number of rotatable bonds is 12. The van der Waals surface area contributed by atoms with E-state index in [2.05, 4.69) is 6.92 Å². The molecule has 0 aliphatic carbocycles. The monoisotopic (exact) mass is 237 g/mol. The molecule has 0 aliphatic rings. The molecule has 0 heterocycles. The van der Waals surface area contributed by atoms with Crippen LogP contribution in [0.2, 0.25) is 0 Å². The number of unbranched alkanes of at least 4 members (excludes halogenated alkanes) is 8. The van der Waals surface area contributed by atoms with Gasteiger partial charge in [0.25, 0.3) is 0 Å². The second kappa shape index (κ2) is 13.1. The first kappa shape index (κ1) is 16.1. The second-order valence-electron chi connectivity index (χ2n) is 4.50. The molecule has 0 aromatic rings. The number of ketones is 1. The van der Waals surface area contributed by atoms with Crippen molar-refractivity contribution in [2.75, 3.05) is 0 Å². The van der Waals surface area contributed by atoms with Crippen LogP contribution in [0.4, 0.5) is 0 Å². The van der Waals surface area contributed by atoms with Crippen LogP contribution in [0.3, 0.4) is 0 Å². The summed E-state index contributed by atoms with van der Waals surface area (Å²) in [4.78, 5) is 21.0. The first-order valence-corrected chi connectivity index (χ1v) is 6.88.